The number of hydrogen-bond acceptors (Lipinski definition) is 4. The van der Waals surface area contributed by atoms with E-state index < -0.39 is 10.0 Å². The predicted molar refractivity (Wildman–Crippen MR) is 121 cm³/mol. The number of amides is 1. The lowest BCUT2D eigenvalue weighted by molar-refractivity contribution is -0.116. The SMILES string of the molecule is Cc1ccc(NC(=O)Cn2nc(C)c(S(=O)(=O)N3CCc4ccccc43)c2C)c(Cl)c1. The molecule has 0 fully saturated rings. The Labute approximate surface area is 186 Å². The van der Waals surface area contributed by atoms with Gasteiger partial charge in [0.1, 0.15) is 11.4 Å². The number of hydrogen-bond donors (Lipinski definition) is 1. The van der Waals surface area contributed by atoms with Crippen molar-refractivity contribution in [2.75, 3.05) is 16.2 Å². The summed E-state index contributed by atoms with van der Waals surface area (Å²) >= 11 is 6.19. The summed E-state index contributed by atoms with van der Waals surface area (Å²) in [6, 6.07) is 12.8. The van der Waals surface area contributed by atoms with Crippen LogP contribution in [0.4, 0.5) is 11.4 Å². The maximum absolute atomic E-state index is 13.5. The van der Waals surface area contributed by atoms with Crippen molar-refractivity contribution in [1.82, 2.24) is 9.78 Å². The summed E-state index contributed by atoms with van der Waals surface area (Å²) in [6.07, 6.45) is 0.668. The zero-order valence-corrected chi connectivity index (χ0v) is 19.1. The molecule has 0 aliphatic carbocycles. The third-order valence-electron chi connectivity index (χ3n) is 5.40. The standard InChI is InChI=1S/C22H23ClN4O3S/c1-14-8-9-19(18(23)12-14)24-21(28)13-26-16(3)22(15(2)25-26)31(29,30)27-11-10-17-6-4-5-7-20(17)27/h4-9,12H,10-11,13H2,1-3H3,(H,24,28). The normalized spacial score (nSPS) is 13.4. The number of rotatable bonds is 5. The van der Waals surface area contributed by atoms with Crippen LogP contribution in [0.15, 0.2) is 47.4 Å². The van der Waals surface area contributed by atoms with Crippen LogP contribution in [0, 0.1) is 20.8 Å². The van der Waals surface area contributed by atoms with Gasteiger partial charge in [-0.2, -0.15) is 5.10 Å². The number of carbonyl (C=O) groups is 1. The third kappa shape index (κ3) is 3.93. The third-order valence-corrected chi connectivity index (χ3v) is 7.78. The summed E-state index contributed by atoms with van der Waals surface area (Å²) < 4.78 is 29.8. The molecule has 0 saturated carbocycles. The first-order chi connectivity index (χ1) is 14.7. The molecule has 2 heterocycles. The van der Waals surface area contributed by atoms with Gasteiger partial charge in [0.2, 0.25) is 5.91 Å². The summed E-state index contributed by atoms with van der Waals surface area (Å²) in [5.74, 6) is -0.341. The van der Waals surface area contributed by atoms with Crippen molar-refractivity contribution in [3.63, 3.8) is 0 Å². The van der Waals surface area contributed by atoms with Crippen molar-refractivity contribution < 1.29 is 13.2 Å². The van der Waals surface area contributed by atoms with Crippen molar-refractivity contribution in [2.24, 2.45) is 0 Å². The molecule has 1 amide bonds. The molecule has 31 heavy (non-hydrogen) atoms. The van der Waals surface area contributed by atoms with Crippen molar-refractivity contribution in [1.29, 1.82) is 0 Å². The van der Waals surface area contributed by atoms with E-state index in [-0.39, 0.29) is 17.3 Å². The Bertz CT molecular complexity index is 1280. The minimum absolute atomic E-state index is 0.122. The second-order valence-electron chi connectivity index (χ2n) is 7.64. The fourth-order valence-electron chi connectivity index (χ4n) is 3.92. The zero-order chi connectivity index (χ0) is 22.3. The van der Waals surface area contributed by atoms with Crippen LogP contribution in [-0.4, -0.2) is 30.7 Å². The molecule has 0 saturated heterocycles. The molecule has 7 nitrogen and oxygen atoms in total. The van der Waals surface area contributed by atoms with Crippen molar-refractivity contribution in [2.45, 2.75) is 38.6 Å². The highest BCUT2D eigenvalue weighted by atomic mass is 35.5. The van der Waals surface area contributed by atoms with Gasteiger partial charge >= 0.3 is 0 Å². The van der Waals surface area contributed by atoms with Crippen LogP contribution in [-0.2, 0) is 27.8 Å². The van der Waals surface area contributed by atoms with E-state index in [1.807, 2.05) is 37.3 Å². The highest BCUT2D eigenvalue weighted by molar-refractivity contribution is 7.93. The lowest BCUT2D eigenvalue weighted by Crippen LogP contribution is -2.30. The molecule has 9 heteroatoms. The molecule has 162 valence electrons. The minimum Gasteiger partial charge on any atom is -0.323 e. The number of nitrogens with one attached hydrogen (secondary N) is 1. The van der Waals surface area contributed by atoms with Gasteiger partial charge in [-0.25, -0.2) is 8.42 Å². The number of benzene rings is 2. The Hall–Kier alpha value is -2.84. The Kier molecular flexibility index (Phi) is 5.53. The molecule has 0 radical (unpaired) electrons. The van der Waals surface area contributed by atoms with E-state index in [1.165, 1.54) is 8.99 Å². The highest BCUT2D eigenvalue weighted by Crippen LogP contribution is 2.34. The second-order valence-corrected chi connectivity index (χ2v) is 9.85. The Morgan fingerprint density at radius 1 is 1.16 bits per heavy atom. The predicted octanol–water partition coefficient (Wildman–Crippen LogP) is 3.85. The second kappa shape index (κ2) is 8.01. The van der Waals surface area contributed by atoms with Crippen LogP contribution in [0.3, 0.4) is 0 Å². The molecule has 3 aromatic rings. The number of nitrogens with zero attached hydrogens (tertiary/aromatic N) is 3. The van der Waals surface area contributed by atoms with Gasteiger partial charge in [0, 0.05) is 6.54 Å². The average Bonchev–Trinajstić information content (AvgIpc) is 3.25. The van der Waals surface area contributed by atoms with Gasteiger partial charge < -0.3 is 5.32 Å². The number of halogens is 1. The van der Waals surface area contributed by atoms with Crippen LogP contribution in [0.2, 0.25) is 5.02 Å². The van der Waals surface area contributed by atoms with Gasteiger partial charge in [-0.1, -0.05) is 35.9 Å². The number of anilines is 2. The van der Waals surface area contributed by atoms with Crippen molar-refractivity contribution >= 4 is 38.9 Å². The van der Waals surface area contributed by atoms with Gasteiger partial charge in [0.05, 0.1) is 27.8 Å². The Balaban J connectivity index is 1.60. The molecule has 0 unspecified atom stereocenters. The van der Waals surface area contributed by atoms with Gasteiger partial charge in [0.25, 0.3) is 10.0 Å². The summed E-state index contributed by atoms with van der Waals surface area (Å²) in [5.41, 5.74) is 3.97. The van der Waals surface area contributed by atoms with E-state index in [9.17, 15) is 13.2 Å². The van der Waals surface area contributed by atoms with Gasteiger partial charge in [-0.15, -0.1) is 0 Å². The smallest absolute Gasteiger partial charge is 0.268 e. The van der Waals surface area contributed by atoms with Crippen molar-refractivity contribution in [3.05, 3.63) is 70.0 Å². The molecular formula is C22H23ClN4O3S. The first-order valence-electron chi connectivity index (χ1n) is 9.89. The number of aromatic nitrogens is 2. The van der Waals surface area contributed by atoms with Crippen molar-refractivity contribution in [3.8, 4) is 0 Å². The van der Waals surface area contributed by atoms with Gasteiger partial charge in [-0.05, 0) is 56.5 Å². The number of sulfonamides is 1. The quantitative estimate of drug-likeness (QED) is 0.629. The van der Waals surface area contributed by atoms with Crippen LogP contribution in [0.1, 0.15) is 22.5 Å². The summed E-state index contributed by atoms with van der Waals surface area (Å²) in [6.45, 7) is 5.49. The zero-order valence-electron chi connectivity index (χ0n) is 17.5. The topological polar surface area (TPSA) is 84.3 Å². The average molecular weight is 459 g/mol. The molecule has 2 aromatic carbocycles. The maximum atomic E-state index is 13.5. The number of fused-ring (bicyclic) bond motifs is 1. The lowest BCUT2D eigenvalue weighted by atomic mass is 10.2. The fraction of sp³-hybridized carbons (Fsp3) is 0.273. The van der Waals surface area contributed by atoms with E-state index in [2.05, 4.69) is 10.4 Å². The molecule has 1 aliphatic rings. The van der Waals surface area contributed by atoms with Crippen LogP contribution in [0.25, 0.3) is 0 Å². The fourth-order valence-corrected chi connectivity index (χ4v) is 6.09. The molecule has 1 N–H and O–H groups in total. The van der Waals surface area contributed by atoms with Gasteiger partial charge in [-0.3, -0.25) is 13.8 Å². The summed E-state index contributed by atoms with van der Waals surface area (Å²) in [7, 11) is -3.80. The summed E-state index contributed by atoms with van der Waals surface area (Å²) in [4.78, 5) is 12.7. The first-order valence-corrected chi connectivity index (χ1v) is 11.7. The van der Waals surface area contributed by atoms with Gasteiger partial charge in [0.15, 0.2) is 0 Å². The highest BCUT2D eigenvalue weighted by Gasteiger charge is 2.35. The van der Waals surface area contributed by atoms with Crippen LogP contribution >= 0.6 is 11.6 Å². The molecule has 1 aliphatic heterocycles. The van der Waals surface area contributed by atoms with E-state index in [1.54, 1.807) is 26.0 Å². The number of aryl methyl sites for hydroxylation is 2. The minimum atomic E-state index is -3.80. The molecule has 0 atom stereocenters. The molecule has 0 bridgehead atoms. The molecule has 4 rings (SSSR count). The first kappa shape index (κ1) is 21.4. The number of para-hydroxylation sites is 1. The van der Waals surface area contributed by atoms with Crippen LogP contribution < -0.4 is 9.62 Å². The Morgan fingerprint density at radius 3 is 2.65 bits per heavy atom. The Morgan fingerprint density at radius 2 is 1.90 bits per heavy atom. The van der Waals surface area contributed by atoms with E-state index in [4.69, 9.17) is 11.6 Å². The molecular weight excluding hydrogens is 436 g/mol. The largest absolute Gasteiger partial charge is 0.323 e. The molecule has 1 aromatic heterocycles. The lowest BCUT2D eigenvalue weighted by Gasteiger charge is -2.19. The number of carbonyl (C=O) groups excluding carboxylic acids is 1. The van der Waals surface area contributed by atoms with E-state index in [0.717, 1.165) is 11.1 Å². The monoisotopic (exact) mass is 458 g/mol. The molecule has 0 spiro atoms. The van der Waals surface area contributed by atoms with E-state index in [0.29, 0.717) is 40.8 Å². The maximum Gasteiger partial charge on any atom is 0.268 e. The van der Waals surface area contributed by atoms with Crippen LogP contribution in [0.5, 0.6) is 0 Å². The summed E-state index contributed by atoms with van der Waals surface area (Å²) in [5, 5.41) is 7.54. The van der Waals surface area contributed by atoms with E-state index >= 15 is 0 Å².